The van der Waals surface area contributed by atoms with E-state index in [0.29, 0.717) is 11.3 Å². The van der Waals surface area contributed by atoms with Crippen LogP contribution in [0.3, 0.4) is 0 Å². The molecule has 1 aromatic heterocycles. The molecule has 1 aliphatic rings. The van der Waals surface area contributed by atoms with E-state index in [1.54, 1.807) is 6.20 Å². The third-order valence-corrected chi connectivity index (χ3v) is 2.66. The van der Waals surface area contributed by atoms with Gasteiger partial charge in [-0.1, -0.05) is 6.92 Å². The molecule has 0 amide bonds. The fourth-order valence-electron chi connectivity index (χ4n) is 1.78. The minimum Gasteiger partial charge on any atom is -0.365 e. The summed E-state index contributed by atoms with van der Waals surface area (Å²) in [6.07, 6.45) is 2.88. The molecule has 1 fully saturated rings. The summed E-state index contributed by atoms with van der Waals surface area (Å²) in [6.45, 7) is 5.57. The molecule has 0 aromatic carbocycles. The van der Waals surface area contributed by atoms with Crippen LogP contribution in [0.25, 0.3) is 0 Å². The van der Waals surface area contributed by atoms with Crippen LogP contribution in [-0.2, 0) is 0 Å². The molecule has 0 unspecified atom stereocenters. The Labute approximate surface area is 94.7 Å². The smallest absolute Gasteiger partial charge is 0.224 e. The van der Waals surface area contributed by atoms with Crippen LogP contribution in [-0.4, -0.2) is 40.5 Å². The van der Waals surface area contributed by atoms with Crippen molar-refractivity contribution in [3.8, 4) is 0 Å². The number of rotatable bonds is 4. The number of nitrogens with zero attached hydrogens (tertiary/aromatic N) is 3. The summed E-state index contributed by atoms with van der Waals surface area (Å²) in [7, 11) is 0. The van der Waals surface area contributed by atoms with E-state index in [2.05, 4.69) is 27.1 Å². The number of hydrogen-bond donors (Lipinski definition) is 1. The van der Waals surface area contributed by atoms with E-state index in [1.807, 2.05) is 6.07 Å². The first-order valence-corrected chi connectivity index (χ1v) is 5.63. The van der Waals surface area contributed by atoms with Crippen LogP contribution in [0, 0.1) is 0 Å². The zero-order chi connectivity index (χ0) is 10.7. The first-order chi connectivity index (χ1) is 7.28. The fourth-order valence-corrected chi connectivity index (χ4v) is 1.93. The SMILES string of the molecule is CCCN1CC(Nc2ccnc(Cl)n2)C1. The normalized spacial score (nSPS) is 17.5. The van der Waals surface area contributed by atoms with Gasteiger partial charge in [-0.25, -0.2) is 9.97 Å². The highest BCUT2D eigenvalue weighted by molar-refractivity contribution is 6.28. The van der Waals surface area contributed by atoms with Crippen molar-refractivity contribution >= 4 is 17.4 Å². The molecule has 0 bridgehead atoms. The Morgan fingerprint density at radius 1 is 1.60 bits per heavy atom. The van der Waals surface area contributed by atoms with Gasteiger partial charge in [-0.15, -0.1) is 0 Å². The summed E-state index contributed by atoms with van der Waals surface area (Å²) in [6, 6.07) is 2.34. The summed E-state index contributed by atoms with van der Waals surface area (Å²) in [5, 5.41) is 3.63. The number of nitrogens with one attached hydrogen (secondary N) is 1. The highest BCUT2D eigenvalue weighted by atomic mass is 35.5. The molecule has 1 aromatic rings. The lowest BCUT2D eigenvalue weighted by Gasteiger charge is -2.39. The topological polar surface area (TPSA) is 41.0 Å². The summed E-state index contributed by atoms with van der Waals surface area (Å²) in [5.74, 6) is 0.816. The number of likely N-dealkylation sites (tertiary alicyclic amines) is 1. The van der Waals surface area contributed by atoms with Crippen molar-refractivity contribution in [1.82, 2.24) is 14.9 Å². The number of anilines is 1. The van der Waals surface area contributed by atoms with E-state index in [1.165, 1.54) is 13.0 Å². The molecule has 0 aliphatic carbocycles. The lowest BCUT2D eigenvalue weighted by Crippen LogP contribution is -2.54. The Hall–Kier alpha value is -0.870. The van der Waals surface area contributed by atoms with Crippen molar-refractivity contribution in [2.45, 2.75) is 19.4 Å². The first kappa shape index (κ1) is 10.6. The van der Waals surface area contributed by atoms with Crippen LogP contribution < -0.4 is 5.32 Å². The monoisotopic (exact) mass is 226 g/mol. The molecule has 1 aliphatic heterocycles. The highest BCUT2D eigenvalue weighted by Gasteiger charge is 2.25. The van der Waals surface area contributed by atoms with Gasteiger partial charge in [0.25, 0.3) is 0 Å². The molecular formula is C10H15ClN4. The third-order valence-electron chi connectivity index (χ3n) is 2.48. The second-order valence-electron chi connectivity index (χ2n) is 3.81. The molecule has 0 saturated carbocycles. The van der Waals surface area contributed by atoms with Gasteiger partial charge in [0.15, 0.2) is 0 Å². The van der Waals surface area contributed by atoms with Gasteiger partial charge < -0.3 is 5.32 Å². The van der Waals surface area contributed by atoms with Crippen LogP contribution in [0.2, 0.25) is 5.28 Å². The quantitative estimate of drug-likeness (QED) is 0.793. The van der Waals surface area contributed by atoms with E-state index in [-0.39, 0.29) is 0 Å². The lowest BCUT2D eigenvalue weighted by atomic mass is 10.1. The molecule has 2 rings (SSSR count). The summed E-state index contributed by atoms with van der Waals surface area (Å²) >= 11 is 5.70. The van der Waals surface area contributed by atoms with Gasteiger partial charge in [0.1, 0.15) is 5.82 Å². The van der Waals surface area contributed by atoms with Crippen molar-refractivity contribution in [2.75, 3.05) is 25.0 Å². The summed E-state index contributed by atoms with van der Waals surface area (Å²) in [4.78, 5) is 10.3. The largest absolute Gasteiger partial charge is 0.365 e. The molecule has 15 heavy (non-hydrogen) atoms. The molecular weight excluding hydrogens is 212 g/mol. The summed E-state index contributed by atoms with van der Waals surface area (Å²) in [5.41, 5.74) is 0. The van der Waals surface area contributed by atoms with Crippen molar-refractivity contribution in [2.24, 2.45) is 0 Å². The Bertz CT molecular complexity index is 325. The van der Waals surface area contributed by atoms with Gasteiger partial charge in [0.05, 0.1) is 6.04 Å². The maximum atomic E-state index is 5.70. The van der Waals surface area contributed by atoms with Crippen LogP contribution in [0.5, 0.6) is 0 Å². The second-order valence-corrected chi connectivity index (χ2v) is 4.15. The van der Waals surface area contributed by atoms with Crippen molar-refractivity contribution in [3.63, 3.8) is 0 Å². The van der Waals surface area contributed by atoms with Gasteiger partial charge in [-0.05, 0) is 30.6 Å². The average molecular weight is 227 g/mol. The van der Waals surface area contributed by atoms with Crippen LogP contribution in [0.4, 0.5) is 5.82 Å². The van der Waals surface area contributed by atoms with Crippen LogP contribution in [0.1, 0.15) is 13.3 Å². The maximum Gasteiger partial charge on any atom is 0.224 e. The molecule has 0 atom stereocenters. The Balaban J connectivity index is 1.80. The van der Waals surface area contributed by atoms with E-state index < -0.39 is 0 Å². The van der Waals surface area contributed by atoms with Crippen molar-refractivity contribution in [1.29, 1.82) is 0 Å². The van der Waals surface area contributed by atoms with E-state index in [4.69, 9.17) is 11.6 Å². The van der Waals surface area contributed by atoms with Crippen molar-refractivity contribution in [3.05, 3.63) is 17.5 Å². The molecule has 2 heterocycles. The number of halogens is 1. The third kappa shape index (κ3) is 2.79. The van der Waals surface area contributed by atoms with Crippen LogP contribution in [0.15, 0.2) is 12.3 Å². The van der Waals surface area contributed by atoms with Gasteiger partial charge in [-0.3, -0.25) is 4.90 Å². The van der Waals surface area contributed by atoms with E-state index >= 15 is 0 Å². The van der Waals surface area contributed by atoms with Gasteiger partial charge >= 0.3 is 0 Å². The second kappa shape index (κ2) is 4.77. The zero-order valence-electron chi connectivity index (χ0n) is 8.78. The Kier molecular flexibility index (Phi) is 3.38. The number of aromatic nitrogens is 2. The zero-order valence-corrected chi connectivity index (χ0v) is 9.54. The van der Waals surface area contributed by atoms with Gasteiger partial charge in [0.2, 0.25) is 5.28 Å². The molecule has 5 heteroatoms. The molecule has 82 valence electrons. The highest BCUT2D eigenvalue weighted by Crippen LogP contribution is 2.14. The molecule has 0 spiro atoms. The first-order valence-electron chi connectivity index (χ1n) is 5.25. The maximum absolute atomic E-state index is 5.70. The Morgan fingerprint density at radius 2 is 2.40 bits per heavy atom. The van der Waals surface area contributed by atoms with Crippen LogP contribution >= 0.6 is 11.6 Å². The van der Waals surface area contributed by atoms with Gasteiger partial charge in [-0.2, -0.15) is 0 Å². The molecule has 1 N–H and O–H groups in total. The minimum absolute atomic E-state index is 0.296. The standard InChI is InChI=1S/C10H15ClN4/c1-2-5-15-6-8(7-15)13-9-3-4-12-10(11)14-9/h3-4,8H,2,5-7H2,1H3,(H,12,13,14). The van der Waals surface area contributed by atoms with Crippen molar-refractivity contribution < 1.29 is 0 Å². The predicted molar refractivity (Wildman–Crippen MR) is 61.2 cm³/mol. The van der Waals surface area contributed by atoms with E-state index in [0.717, 1.165) is 18.9 Å². The van der Waals surface area contributed by atoms with E-state index in [9.17, 15) is 0 Å². The predicted octanol–water partition coefficient (Wildman–Crippen LogP) is 1.64. The Morgan fingerprint density at radius 3 is 3.07 bits per heavy atom. The van der Waals surface area contributed by atoms with Gasteiger partial charge in [0, 0.05) is 19.3 Å². The minimum atomic E-state index is 0.296. The average Bonchev–Trinajstić information content (AvgIpc) is 2.15. The molecule has 4 nitrogen and oxygen atoms in total. The fraction of sp³-hybridized carbons (Fsp3) is 0.600. The lowest BCUT2D eigenvalue weighted by molar-refractivity contribution is 0.162. The summed E-state index contributed by atoms with van der Waals surface area (Å²) < 4.78 is 0. The molecule has 0 radical (unpaired) electrons. The molecule has 1 saturated heterocycles. The number of hydrogen-bond acceptors (Lipinski definition) is 4.